The first-order valence-corrected chi connectivity index (χ1v) is 7.58. The van der Waals surface area contributed by atoms with Crippen molar-refractivity contribution in [3.63, 3.8) is 0 Å². The highest BCUT2D eigenvalue weighted by molar-refractivity contribution is 6.36. The maximum atomic E-state index is 12.3. The highest BCUT2D eigenvalue weighted by Gasteiger charge is 2.24. The first-order valence-electron chi connectivity index (χ1n) is 7.20. The molecule has 0 fully saturated rings. The summed E-state index contributed by atoms with van der Waals surface area (Å²) in [6, 6.07) is 8.85. The maximum Gasteiger partial charge on any atom is 0.256 e. The topological polar surface area (TPSA) is 56.8 Å². The van der Waals surface area contributed by atoms with Crippen molar-refractivity contribution in [2.45, 2.75) is 0 Å². The number of methoxy groups -OCH3 is 3. The van der Waals surface area contributed by atoms with Crippen LogP contribution in [0.3, 0.4) is 0 Å². The van der Waals surface area contributed by atoms with Crippen molar-refractivity contribution in [2.24, 2.45) is 0 Å². The molecule has 0 spiro atoms. The molecular weight excluding hydrogens is 330 g/mol. The quantitative estimate of drug-likeness (QED) is 0.855. The summed E-state index contributed by atoms with van der Waals surface area (Å²) in [5, 5.41) is 3.39. The Bertz CT molecular complexity index is 820. The van der Waals surface area contributed by atoms with Crippen LogP contribution in [0.2, 0.25) is 5.02 Å². The average Bonchev–Trinajstić information content (AvgIpc) is 2.89. The van der Waals surface area contributed by atoms with Crippen LogP contribution >= 0.6 is 11.6 Å². The summed E-state index contributed by atoms with van der Waals surface area (Å²) in [4.78, 5) is 12.3. The van der Waals surface area contributed by atoms with E-state index in [2.05, 4.69) is 5.32 Å². The summed E-state index contributed by atoms with van der Waals surface area (Å²) in [5.41, 5.74) is 2.79. The van der Waals surface area contributed by atoms with Gasteiger partial charge < -0.3 is 19.5 Å². The van der Waals surface area contributed by atoms with Gasteiger partial charge >= 0.3 is 0 Å². The molecule has 6 heteroatoms. The summed E-state index contributed by atoms with van der Waals surface area (Å²) < 4.78 is 16.0. The van der Waals surface area contributed by atoms with E-state index in [1.807, 2.05) is 0 Å². The Kier molecular flexibility index (Phi) is 4.36. The number of nitrogens with one attached hydrogen (secondary N) is 1. The molecule has 0 unspecified atom stereocenters. The normalized spacial score (nSPS) is 14.3. The van der Waals surface area contributed by atoms with Crippen LogP contribution in [-0.4, -0.2) is 27.2 Å². The molecule has 0 bridgehead atoms. The van der Waals surface area contributed by atoms with Crippen molar-refractivity contribution in [3.05, 3.63) is 46.5 Å². The van der Waals surface area contributed by atoms with Gasteiger partial charge in [0.1, 0.15) is 0 Å². The number of carbonyl (C=O) groups is 1. The molecule has 0 saturated heterocycles. The summed E-state index contributed by atoms with van der Waals surface area (Å²) in [5.74, 6) is 1.37. The number of ether oxygens (including phenoxy) is 3. The molecule has 2 aromatic carbocycles. The molecule has 3 rings (SSSR count). The van der Waals surface area contributed by atoms with Gasteiger partial charge in [-0.15, -0.1) is 0 Å². The van der Waals surface area contributed by atoms with Gasteiger partial charge in [-0.05, 0) is 42.0 Å². The van der Waals surface area contributed by atoms with E-state index in [4.69, 9.17) is 25.8 Å². The van der Waals surface area contributed by atoms with Gasteiger partial charge in [0.15, 0.2) is 11.5 Å². The Balaban J connectivity index is 2.13. The lowest BCUT2D eigenvalue weighted by molar-refractivity contribution is -0.110. The zero-order valence-corrected chi connectivity index (χ0v) is 14.2. The molecule has 1 heterocycles. The fourth-order valence-corrected chi connectivity index (χ4v) is 2.83. The van der Waals surface area contributed by atoms with Crippen molar-refractivity contribution in [3.8, 4) is 17.2 Å². The molecule has 1 amide bonds. The van der Waals surface area contributed by atoms with Crippen molar-refractivity contribution in [1.82, 2.24) is 0 Å². The lowest BCUT2D eigenvalue weighted by Gasteiger charge is -2.13. The van der Waals surface area contributed by atoms with E-state index >= 15 is 0 Å². The molecule has 1 aliphatic heterocycles. The number of halogens is 1. The third-order valence-electron chi connectivity index (χ3n) is 3.76. The number of hydrogen-bond donors (Lipinski definition) is 1. The molecule has 0 radical (unpaired) electrons. The fraction of sp³-hybridized carbons (Fsp3) is 0.167. The highest BCUT2D eigenvalue weighted by Crippen LogP contribution is 2.40. The van der Waals surface area contributed by atoms with E-state index in [0.29, 0.717) is 27.8 Å². The molecule has 24 heavy (non-hydrogen) atoms. The largest absolute Gasteiger partial charge is 0.493 e. The second-order valence-corrected chi connectivity index (χ2v) is 5.60. The van der Waals surface area contributed by atoms with Crippen LogP contribution in [-0.2, 0) is 4.79 Å². The Labute approximate surface area is 144 Å². The van der Waals surface area contributed by atoms with Crippen LogP contribution in [0.4, 0.5) is 5.69 Å². The van der Waals surface area contributed by atoms with Crippen LogP contribution in [0.5, 0.6) is 17.2 Å². The number of fused-ring (bicyclic) bond motifs is 1. The van der Waals surface area contributed by atoms with Gasteiger partial charge in [0, 0.05) is 21.8 Å². The summed E-state index contributed by atoms with van der Waals surface area (Å²) in [7, 11) is 4.64. The number of benzene rings is 2. The predicted octanol–water partition coefficient (Wildman–Crippen LogP) is 3.86. The molecule has 0 aliphatic carbocycles. The summed E-state index contributed by atoms with van der Waals surface area (Å²) >= 11 is 6.05. The molecule has 5 nitrogen and oxygen atoms in total. The van der Waals surface area contributed by atoms with Crippen molar-refractivity contribution >= 4 is 34.8 Å². The SMILES string of the molecule is COc1cc(/C=C2/C(=O)Nc3ccc(Cl)cc32)cc(OC)c1OC. The number of rotatable bonds is 4. The van der Waals surface area contributed by atoms with Crippen LogP contribution in [0.25, 0.3) is 11.6 Å². The van der Waals surface area contributed by atoms with Gasteiger partial charge in [0.05, 0.1) is 21.3 Å². The number of hydrogen-bond acceptors (Lipinski definition) is 4. The Morgan fingerprint density at radius 1 is 1.00 bits per heavy atom. The van der Waals surface area contributed by atoms with E-state index in [9.17, 15) is 4.79 Å². The van der Waals surface area contributed by atoms with Gasteiger partial charge in [0.25, 0.3) is 5.91 Å². The molecule has 2 aromatic rings. The van der Waals surface area contributed by atoms with Crippen LogP contribution < -0.4 is 19.5 Å². The van der Waals surface area contributed by atoms with Crippen LogP contribution in [0, 0.1) is 0 Å². The van der Waals surface area contributed by atoms with E-state index < -0.39 is 0 Å². The fourth-order valence-electron chi connectivity index (χ4n) is 2.65. The van der Waals surface area contributed by atoms with Crippen LogP contribution in [0.15, 0.2) is 30.3 Å². The highest BCUT2D eigenvalue weighted by atomic mass is 35.5. The van der Waals surface area contributed by atoms with Gasteiger partial charge in [0.2, 0.25) is 5.75 Å². The van der Waals surface area contributed by atoms with E-state index in [1.165, 1.54) is 0 Å². The molecule has 0 atom stereocenters. The minimum Gasteiger partial charge on any atom is -0.493 e. The molecule has 1 aliphatic rings. The smallest absolute Gasteiger partial charge is 0.256 e. The monoisotopic (exact) mass is 345 g/mol. The average molecular weight is 346 g/mol. The zero-order valence-electron chi connectivity index (χ0n) is 13.5. The first-order chi connectivity index (χ1) is 11.6. The Hall–Kier alpha value is -2.66. The van der Waals surface area contributed by atoms with Gasteiger partial charge in [-0.25, -0.2) is 0 Å². The van der Waals surface area contributed by atoms with E-state index in [-0.39, 0.29) is 5.91 Å². The molecule has 0 saturated carbocycles. The van der Waals surface area contributed by atoms with Crippen molar-refractivity contribution in [2.75, 3.05) is 26.6 Å². The molecule has 124 valence electrons. The second-order valence-electron chi connectivity index (χ2n) is 5.16. The number of carbonyl (C=O) groups excluding carboxylic acids is 1. The van der Waals surface area contributed by atoms with Gasteiger partial charge in [-0.1, -0.05) is 11.6 Å². The lowest BCUT2D eigenvalue weighted by atomic mass is 10.0. The zero-order chi connectivity index (χ0) is 17.3. The van der Waals surface area contributed by atoms with Crippen molar-refractivity contribution in [1.29, 1.82) is 0 Å². The van der Waals surface area contributed by atoms with Crippen molar-refractivity contribution < 1.29 is 19.0 Å². The summed E-state index contributed by atoms with van der Waals surface area (Å²) in [6.07, 6.45) is 1.77. The Morgan fingerprint density at radius 2 is 1.67 bits per heavy atom. The predicted molar refractivity (Wildman–Crippen MR) is 94.1 cm³/mol. The minimum atomic E-state index is -0.180. The third kappa shape index (κ3) is 2.78. The molecule has 0 aromatic heterocycles. The number of anilines is 1. The summed E-state index contributed by atoms with van der Waals surface area (Å²) in [6.45, 7) is 0. The lowest BCUT2D eigenvalue weighted by Crippen LogP contribution is -2.03. The molecule has 1 N–H and O–H groups in total. The van der Waals surface area contributed by atoms with E-state index in [1.54, 1.807) is 57.7 Å². The van der Waals surface area contributed by atoms with Gasteiger partial charge in [-0.3, -0.25) is 4.79 Å². The second kappa shape index (κ2) is 6.45. The van der Waals surface area contributed by atoms with Crippen LogP contribution in [0.1, 0.15) is 11.1 Å². The number of amides is 1. The van der Waals surface area contributed by atoms with Gasteiger partial charge in [-0.2, -0.15) is 0 Å². The first kappa shape index (κ1) is 16.2. The minimum absolute atomic E-state index is 0.180. The van der Waals surface area contributed by atoms with E-state index in [0.717, 1.165) is 16.8 Å². The standard InChI is InChI=1S/C18H16ClNO4/c1-22-15-7-10(8-16(23-2)17(15)24-3)6-13-12-9-11(19)4-5-14(12)20-18(13)21/h4-9H,1-3H3,(H,20,21)/b13-6+. The third-order valence-corrected chi connectivity index (χ3v) is 4.00. The molecular formula is C18H16ClNO4. The maximum absolute atomic E-state index is 12.3. The Morgan fingerprint density at radius 3 is 2.25 bits per heavy atom.